The number of hydrogen-bond acceptors (Lipinski definition) is 6. The number of imidazole rings is 1. The van der Waals surface area contributed by atoms with Gasteiger partial charge in [0.15, 0.2) is 5.69 Å². The van der Waals surface area contributed by atoms with Crippen LogP contribution in [0.2, 0.25) is 0 Å². The third-order valence-corrected chi connectivity index (χ3v) is 8.40. The molecule has 210 valence electrons. The van der Waals surface area contributed by atoms with Gasteiger partial charge in [-0.3, -0.25) is 9.59 Å². The van der Waals surface area contributed by atoms with Gasteiger partial charge >= 0.3 is 0 Å². The van der Waals surface area contributed by atoms with Crippen molar-refractivity contribution in [2.45, 2.75) is 18.3 Å². The minimum atomic E-state index is -0.463. The first-order valence-electron chi connectivity index (χ1n) is 13.8. The Hall–Kier alpha value is -5.12. The van der Waals surface area contributed by atoms with Crippen LogP contribution >= 0.6 is 0 Å². The van der Waals surface area contributed by atoms with E-state index in [0.29, 0.717) is 49.6 Å². The molecule has 2 aliphatic rings. The number of ether oxygens (including phenoxy) is 1. The molecule has 4 heterocycles. The molecule has 0 bridgehead atoms. The molecule has 1 spiro atoms. The van der Waals surface area contributed by atoms with Crippen molar-refractivity contribution in [1.82, 2.24) is 25.1 Å². The molecule has 0 aliphatic carbocycles. The molecule has 9 nitrogen and oxygen atoms in total. The van der Waals surface area contributed by atoms with Crippen LogP contribution in [-0.2, 0) is 5.41 Å². The van der Waals surface area contributed by atoms with Crippen molar-refractivity contribution >= 4 is 28.5 Å². The van der Waals surface area contributed by atoms with E-state index in [0.717, 1.165) is 28.0 Å². The molecule has 2 aliphatic heterocycles. The standard InChI is InChI=1S/C32H27FN6O3/c1-42-28-13-11-26(36-37-28)31(41)39-19-32(23-18-22(33)10-12-27(23)39)14-16-38(17-15-32)30(40)21-8-6-20(7-9-21)29-34-24-4-2-3-5-25(24)35-29/h2-13,18H,14-17,19H2,1H3,(H,34,35). The number of H-pyrrole nitrogens is 1. The third-order valence-electron chi connectivity index (χ3n) is 8.40. The van der Waals surface area contributed by atoms with Gasteiger partial charge in [-0.2, -0.15) is 0 Å². The zero-order valence-electron chi connectivity index (χ0n) is 22.9. The number of halogens is 1. The lowest BCUT2D eigenvalue weighted by Gasteiger charge is -2.40. The molecule has 0 saturated carbocycles. The van der Waals surface area contributed by atoms with Crippen molar-refractivity contribution in [2.75, 3.05) is 31.6 Å². The number of carbonyl (C=O) groups is 2. The van der Waals surface area contributed by atoms with Gasteiger partial charge in [0.1, 0.15) is 11.6 Å². The second-order valence-electron chi connectivity index (χ2n) is 10.8. The molecule has 1 fully saturated rings. The number of benzene rings is 3. The number of likely N-dealkylation sites (tertiary alicyclic amines) is 1. The van der Waals surface area contributed by atoms with Gasteiger partial charge in [0.05, 0.1) is 18.1 Å². The smallest absolute Gasteiger partial charge is 0.278 e. The number of hydrogen-bond donors (Lipinski definition) is 1. The van der Waals surface area contributed by atoms with E-state index in [2.05, 4.69) is 20.2 Å². The molecule has 2 amide bonds. The highest BCUT2D eigenvalue weighted by Gasteiger charge is 2.47. The Morgan fingerprint density at radius 3 is 2.43 bits per heavy atom. The maximum atomic E-state index is 14.5. The number of aromatic amines is 1. The van der Waals surface area contributed by atoms with Crippen LogP contribution in [-0.4, -0.2) is 63.6 Å². The lowest BCUT2D eigenvalue weighted by atomic mass is 9.74. The van der Waals surface area contributed by atoms with Crippen molar-refractivity contribution in [3.05, 3.63) is 102 Å². The summed E-state index contributed by atoms with van der Waals surface area (Å²) >= 11 is 0. The monoisotopic (exact) mass is 562 g/mol. The molecule has 10 heteroatoms. The molecule has 0 atom stereocenters. The Balaban J connectivity index is 1.08. The van der Waals surface area contributed by atoms with Crippen molar-refractivity contribution in [3.63, 3.8) is 0 Å². The lowest BCUT2D eigenvalue weighted by molar-refractivity contribution is 0.0670. The highest BCUT2D eigenvalue weighted by molar-refractivity contribution is 6.06. The Labute approximate surface area is 241 Å². The van der Waals surface area contributed by atoms with E-state index in [1.54, 1.807) is 23.1 Å². The fraction of sp³-hybridized carbons (Fsp3) is 0.219. The summed E-state index contributed by atoms with van der Waals surface area (Å²) in [4.78, 5) is 38.4. The van der Waals surface area contributed by atoms with Crippen LogP contribution in [0, 0.1) is 5.82 Å². The maximum absolute atomic E-state index is 14.5. The van der Waals surface area contributed by atoms with Crippen LogP contribution in [0.4, 0.5) is 10.1 Å². The number of rotatable bonds is 4. The number of fused-ring (bicyclic) bond motifs is 3. The predicted molar refractivity (Wildman–Crippen MR) is 155 cm³/mol. The largest absolute Gasteiger partial charge is 0.480 e. The molecule has 0 radical (unpaired) electrons. The molecule has 1 saturated heterocycles. The van der Waals surface area contributed by atoms with Crippen LogP contribution in [0.25, 0.3) is 22.4 Å². The second-order valence-corrected chi connectivity index (χ2v) is 10.8. The Morgan fingerprint density at radius 2 is 1.71 bits per heavy atom. The van der Waals surface area contributed by atoms with Gasteiger partial charge in [0, 0.05) is 47.9 Å². The number of aromatic nitrogens is 4. The number of carbonyl (C=O) groups excluding carboxylic acids is 2. The van der Waals surface area contributed by atoms with Gasteiger partial charge in [-0.25, -0.2) is 9.37 Å². The molecule has 0 unspecified atom stereocenters. The van der Waals surface area contributed by atoms with Gasteiger partial charge in [-0.1, -0.05) is 24.3 Å². The first-order valence-corrected chi connectivity index (χ1v) is 13.8. The van der Waals surface area contributed by atoms with Gasteiger partial charge in [-0.15, -0.1) is 10.2 Å². The fourth-order valence-electron chi connectivity index (χ4n) is 6.11. The number of para-hydroxylation sites is 2. The summed E-state index contributed by atoms with van der Waals surface area (Å²) in [7, 11) is 1.48. The van der Waals surface area contributed by atoms with Crippen LogP contribution in [0.5, 0.6) is 5.88 Å². The minimum absolute atomic E-state index is 0.0556. The van der Waals surface area contributed by atoms with Crippen LogP contribution < -0.4 is 9.64 Å². The highest BCUT2D eigenvalue weighted by Crippen LogP contribution is 2.48. The normalized spacial score (nSPS) is 15.7. The summed E-state index contributed by atoms with van der Waals surface area (Å²) in [6, 6.07) is 23.0. The van der Waals surface area contributed by atoms with E-state index >= 15 is 0 Å². The summed E-state index contributed by atoms with van der Waals surface area (Å²) in [5.74, 6) is 0.350. The molecule has 7 rings (SSSR count). The Bertz CT molecular complexity index is 1780. The van der Waals surface area contributed by atoms with Crippen LogP contribution in [0.3, 0.4) is 0 Å². The van der Waals surface area contributed by atoms with Crippen molar-refractivity contribution in [2.24, 2.45) is 0 Å². The van der Waals surface area contributed by atoms with E-state index in [1.807, 2.05) is 53.4 Å². The van der Waals surface area contributed by atoms with E-state index < -0.39 is 5.41 Å². The maximum Gasteiger partial charge on any atom is 0.278 e. The minimum Gasteiger partial charge on any atom is -0.480 e. The number of piperidine rings is 1. The number of nitrogens with one attached hydrogen (secondary N) is 1. The topological polar surface area (TPSA) is 104 Å². The first-order chi connectivity index (χ1) is 20.4. The third kappa shape index (κ3) is 4.36. The Morgan fingerprint density at radius 1 is 0.929 bits per heavy atom. The van der Waals surface area contributed by atoms with Gasteiger partial charge in [0.25, 0.3) is 11.8 Å². The number of nitrogens with zero attached hydrogens (tertiary/aromatic N) is 5. The predicted octanol–water partition coefficient (Wildman–Crippen LogP) is 5.00. The Kier molecular flexibility index (Phi) is 6.18. The molecule has 1 N–H and O–H groups in total. The van der Waals surface area contributed by atoms with Crippen LogP contribution in [0.15, 0.2) is 78.9 Å². The molecule has 5 aromatic rings. The number of methoxy groups -OCH3 is 1. The zero-order valence-corrected chi connectivity index (χ0v) is 22.9. The number of anilines is 1. The zero-order chi connectivity index (χ0) is 28.8. The summed E-state index contributed by atoms with van der Waals surface area (Å²) in [6.07, 6.45) is 1.20. The quantitative estimate of drug-likeness (QED) is 0.331. The van der Waals surface area contributed by atoms with Crippen molar-refractivity contribution in [3.8, 4) is 17.3 Å². The molecular weight excluding hydrogens is 535 g/mol. The van der Waals surface area contributed by atoms with Gasteiger partial charge < -0.3 is 19.5 Å². The van der Waals surface area contributed by atoms with Crippen LogP contribution in [0.1, 0.15) is 39.3 Å². The van der Waals surface area contributed by atoms with E-state index in [1.165, 1.54) is 19.2 Å². The summed E-state index contributed by atoms with van der Waals surface area (Å²) < 4.78 is 19.5. The second kappa shape index (κ2) is 10.1. The van der Waals surface area contributed by atoms with E-state index in [4.69, 9.17) is 4.74 Å². The number of amides is 2. The fourth-order valence-corrected chi connectivity index (χ4v) is 6.11. The average molecular weight is 563 g/mol. The molecule has 3 aromatic carbocycles. The lowest BCUT2D eigenvalue weighted by Crippen LogP contribution is -2.48. The SMILES string of the molecule is COc1ccc(C(=O)N2CC3(CCN(C(=O)c4ccc(-c5nc6ccccc6[nH]5)cc4)CC3)c3cc(F)ccc32)nn1. The van der Waals surface area contributed by atoms with Crippen molar-refractivity contribution < 1.29 is 18.7 Å². The average Bonchev–Trinajstić information content (AvgIpc) is 3.60. The molecule has 2 aromatic heterocycles. The highest BCUT2D eigenvalue weighted by atomic mass is 19.1. The van der Waals surface area contributed by atoms with Gasteiger partial charge in [-0.05, 0) is 66.9 Å². The summed E-state index contributed by atoms with van der Waals surface area (Å²) in [5.41, 5.74) is 4.52. The molecule has 42 heavy (non-hydrogen) atoms. The summed E-state index contributed by atoms with van der Waals surface area (Å²) in [5, 5.41) is 7.95. The summed E-state index contributed by atoms with van der Waals surface area (Å²) in [6.45, 7) is 1.36. The van der Waals surface area contributed by atoms with Gasteiger partial charge in [0.2, 0.25) is 5.88 Å². The van der Waals surface area contributed by atoms with E-state index in [-0.39, 0.29) is 23.3 Å². The molecular formula is C32H27FN6O3. The van der Waals surface area contributed by atoms with E-state index in [9.17, 15) is 14.0 Å². The van der Waals surface area contributed by atoms with Crippen molar-refractivity contribution in [1.29, 1.82) is 0 Å². The first kappa shape index (κ1) is 25.8.